The van der Waals surface area contributed by atoms with Gasteiger partial charge in [-0.25, -0.2) is 4.79 Å². The standard InChI is InChI=1S/C9H8N2O3/c1-14-9(13)8-7-5(10-11-8)3-2-4-6(7)12/h2-4,12H,1H3,(H,10,11). The molecule has 0 aliphatic heterocycles. The number of aromatic amines is 1. The van der Waals surface area contributed by atoms with Gasteiger partial charge in [-0.05, 0) is 12.1 Å². The highest BCUT2D eigenvalue weighted by Gasteiger charge is 2.16. The molecule has 2 rings (SSSR count). The molecule has 0 amide bonds. The van der Waals surface area contributed by atoms with Gasteiger partial charge in [0, 0.05) is 0 Å². The molecule has 5 heteroatoms. The number of fused-ring (bicyclic) bond motifs is 1. The summed E-state index contributed by atoms with van der Waals surface area (Å²) in [5, 5.41) is 16.3. The summed E-state index contributed by atoms with van der Waals surface area (Å²) in [6.07, 6.45) is 0. The van der Waals surface area contributed by atoms with Crippen LogP contribution in [0.5, 0.6) is 5.75 Å². The minimum absolute atomic E-state index is 0.0108. The van der Waals surface area contributed by atoms with E-state index in [1.54, 1.807) is 12.1 Å². The number of phenols is 1. The van der Waals surface area contributed by atoms with E-state index in [1.165, 1.54) is 13.2 Å². The SMILES string of the molecule is COC(=O)c1n[nH]c2cccc(O)c12. The lowest BCUT2D eigenvalue weighted by Gasteiger charge is -1.96. The maximum atomic E-state index is 11.2. The summed E-state index contributed by atoms with van der Waals surface area (Å²) in [7, 11) is 1.27. The molecular weight excluding hydrogens is 184 g/mol. The first kappa shape index (κ1) is 8.55. The molecule has 0 fully saturated rings. The summed E-state index contributed by atoms with van der Waals surface area (Å²) in [4.78, 5) is 11.2. The zero-order chi connectivity index (χ0) is 10.1. The Balaban J connectivity index is 2.73. The number of rotatable bonds is 1. The van der Waals surface area contributed by atoms with E-state index in [0.717, 1.165) is 0 Å². The smallest absolute Gasteiger partial charge is 0.359 e. The van der Waals surface area contributed by atoms with Gasteiger partial charge in [0.25, 0.3) is 0 Å². The van der Waals surface area contributed by atoms with Crippen LogP contribution in [0, 0.1) is 0 Å². The van der Waals surface area contributed by atoms with Crippen LogP contribution in [0.15, 0.2) is 18.2 Å². The average Bonchev–Trinajstić information content (AvgIpc) is 2.62. The van der Waals surface area contributed by atoms with E-state index in [-0.39, 0.29) is 11.4 Å². The quantitative estimate of drug-likeness (QED) is 0.662. The first-order chi connectivity index (χ1) is 6.74. The monoisotopic (exact) mass is 192 g/mol. The molecule has 2 N–H and O–H groups in total. The lowest BCUT2D eigenvalue weighted by molar-refractivity contribution is 0.0596. The number of phenolic OH excluding ortho intramolecular Hbond substituents is 1. The number of nitrogens with one attached hydrogen (secondary N) is 1. The normalized spacial score (nSPS) is 10.4. The summed E-state index contributed by atoms with van der Waals surface area (Å²) in [5.74, 6) is -0.561. The molecule has 0 saturated carbocycles. The van der Waals surface area contributed by atoms with Crippen molar-refractivity contribution in [2.45, 2.75) is 0 Å². The van der Waals surface area contributed by atoms with Gasteiger partial charge in [0.2, 0.25) is 0 Å². The van der Waals surface area contributed by atoms with Gasteiger partial charge in [-0.2, -0.15) is 5.10 Å². The average molecular weight is 192 g/mol. The van der Waals surface area contributed by atoms with Gasteiger partial charge in [0.05, 0.1) is 18.0 Å². The van der Waals surface area contributed by atoms with Gasteiger partial charge < -0.3 is 9.84 Å². The molecule has 72 valence electrons. The molecule has 1 aromatic carbocycles. The van der Waals surface area contributed by atoms with Crippen LogP contribution in [0.25, 0.3) is 10.9 Å². The maximum Gasteiger partial charge on any atom is 0.359 e. The Morgan fingerprint density at radius 3 is 3.07 bits per heavy atom. The lowest BCUT2D eigenvalue weighted by atomic mass is 10.2. The van der Waals surface area contributed by atoms with E-state index >= 15 is 0 Å². The number of methoxy groups -OCH3 is 1. The van der Waals surface area contributed by atoms with Crippen molar-refractivity contribution >= 4 is 16.9 Å². The number of benzene rings is 1. The molecule has 14 heavy (non-hydrogen) atoms. The molecule has 0 atom stereocenters. The first-order valence-corrected chi connectivity index (χ1v) is 3.98. The Morgan fingerprint density at radius 2 is 2.36 bits per heavy atom. The summed E-state index contributed by atoms with van der Waals surface area (Å²) in [5.41, 5.74) is 0.700. The molecule has 5 nitrogen and oxygen atoms in total. The molecule has 0 aliphatic carbocycles. The summed E-state index contributed by atoms with van der Waals surface area (Å²) >= 11 is 0. The third-order valence-corrected chi connectivity index (χ3v) is 1.95. The molecule has 0 spiro atoms. The zero-order valence-corrected chi connectivity index (χ0v) is 7.44. The Morgan fingerprint density at radius 1 is 1.57 bits per heavy atom. The maximum absolute atomic E-state index is 11.2. The van der Waals surface area contributed by atoms with Gasteiger partial charge in [-0.1, -0.05) is 6.07 Å². The van der Waals surface area contributed by atoms with Crippen molar-refractivity contribution in [3.05, 3.63) is 23.9 Å². The second kappa shape index (κ2) is 3.02. The van der Waals surface area contributed by atoms with Crippen LogP contribution in [0.1, 0.15) is 10.5 Å². The molecule has 2 aromatic rings. The molecular formula is C9H8N2O3. The molecule has 0 saturated heterocycles. The van der Waals surface area contributed by atoms with Crippen molar-refractivity contribution in [3.8, 4) is 5.75 Å². The van der Waals surface area contributed by atoms with E-state index in [4.69, 9.17) is 0 Å². The topological polar surface area (TPSA) is 75.2 Å². The highest BCUT2D eigenvalue weighted by Crippen LogP contribution is 2.25. The molecule has 0 aliphatic rings. The first-order valence-electron chi connectivity index (χ1n) is 3.98. The van der Waals surface area contributed by atoms with Crippen LogP contribution >= 0.6 is 0 Å². The van der Waals surface area contributed by atoms with Crippen molar-refractivity contribution in [1.82, 2.24) is 10.2 Å². The molecule has 1 aromatic heterocycles. The number of aromatic hydroxyl groups is 1. The molecule has 0 radical (unpaired) electrons. The molecule has 0 unspecified atom stereocenters. The van der Waals surface area contributed by atoms with E-state index in [2.05, 4.69) is 14.9 Å². The van der Waals surface area contributed by atoms with Gasteiger partial charge in [-0.3, -0.25) is 5.10 Å². The Kier molecular flexibility index (Phi) is 1.85. The van der Waals surface area contributed by atoms with E-state index in [0.29, 0.717) is 10.9 Å². The number of ether oxygens (including phenoxy) is 1. The van der Waals surface area contributed by atoms with Crippen LogP contribution in [-0.4, -0.2) is 28.4 Å². The van der Waals surface area contributed by atoms with Crippen molar-refractivity contribution in [2.75, 3.05) is 7.11 Å². The van der Waals surface area contributed by atoms with Crippen molar-refractivity contribution in [2.24, 2.45) is 0 Å². The second-order valence-corrected chi connectivity index (χ2v) is 2.76. The fourth-order valence-corrected chi connectivity index (χ4v) is 1.30. The largest absolute Gasteiger partial charge is 0.507 e. The molecule has 1 heterocycles. The number of nitrogens with zero attached hydrogens (tertiary/aromatic N) is 1. The van der Waals surface area contributed by atoms with E-state index in [1.807, 2.05) is 0 Å². The highest BCUT2D eigenvalue weighted by molar-refractivity contribution is 6.04. The van der Waals surface area contributed by atoms with Gasteiger partial charge in [-0.15, -0.1) is 0 Å². The van der Waals surface area contributed by atoms with Crippen LogP contribution < -0.4 is 0 Å². The van der Waals surface area contributed by atoms with Gasteiger partial charge in [0.1, 0.15) is 5.75 Å². The number of hydrogen-bond acceptors (Lipinski definition) is 4. The number of H-pyrrole nitrogens is 1. The zero-order valence-electron chi connectivity index (χ0n) is 7.44. The van der Waals surface area contributed by atoms with Crippen molar-refractivity contribution in [1.29, 1.82) is 0 Å². The minimum Gasteiger partial charge on any atom is -0.507 e. The number of carbonyl (C=O) groups excluding carboxylic acids is 1. The van der Waals surface area contributed by atoms with E-state index in [9.17, 15) is 9.90 Å². The molecule has 0 bridgehead atoms. The second-order valence-electron chi connectivity index (χ2n) is 2.76. The lowest BCUT2D eigenvalue weighted by Crippen LogP contribution is -2.01. The van der Waals surface area contributed by atoms with Crippen molar-refractivity contribution < 1.29 is 14.6 Å². The predicted octanol–water partition coefficient (Wildman–Crippen LogP) is 1.06. The predicted molar refractivity (Wildman–Crippen MR) is 49.1 cm³/mol. The van der Waals surface area contributed by atoms with Crippen LogP contribution in [0.2, 0.25) is 0 Å². The number of hydrogen-bond donors (Lipinski definition) is 2. The highest BCUT2D eigenvalue weighted by atomic mass is 16.5. The van der Waals surface area contributed by atoms with Gasteiger partial charge >= 0.3 is 5.97 Å². The fraction of sp³-hybridized carbons (Fsp3) is 0.111. The number of aromatic nitrogens is 2. The minimum atomic E-state index is -0.572. The summed E-state index contributed by atoms with van der Waals surface area (Å²) in [6, 6.07) is 4.87. The number of esters is 1. The third-order valence-electron chi connectivity index (χ3n) is 1.95. The Labute approximate surface area is 79.3 Å². The van der Waals surface area contributed by atoms with Crippen molar-refractivity contribution in [3.63, 3.8) is 0 Å². The van der Waals surface area contributed by atoms with E-state index < -0.39 is 5.97 Å². The fourth-order valence-electron chi connectivity index (χ4n) is 1.30. The Bertz CT molecular complexity index is 490. The van der Waals surface area contributed by atoms with Crippen LogP contribution in [0.3, 0.4) is 0 Å². The van der Waals surface area contributed by atoms with Crippen LogP contribution in [-0.2, 0) is 4.74 Å². The number of carbonyl (C=O) groups is 1. The summed E-state index contributed by atoms with van der Waals surface area (Å²) < 4.78 is 4.53. The third kappa shape index (κ3) is 1.10. The Hall–Kier alpha value is -2.04. The van der Waals surface area contributed by atoms with Gasteiger partial charge in [0.15, 0.2) is 5.69 Å². The summed E-state index contributed by atoms with van der Waals surface area (Å²) in [6.45, 7) is 0. The van der Waals surface area contributed by atoms with Crippen LogP contribution in [0.4, 0.5) is 0 Å².